The Kier molecular flexibility index (Phi) is 3.92. The van der Waals surface area contributed by atoms with Crippen molar-refractivity contribution in [3.8, 4) is 0 Å². The molecule has 2 aromatic rings. The van der Waals surface area contributed by atoms with Crippen LogP contribution in [0, 0.1) is 24.7 Å². The van der Waals surface area contributed by atoms with Crippen LogP contribution >= 0.6 is 0 Å². The molecule has 142 valence electrons. The maximum absolute atomic E-state index is 12.7. The fraction of sp³-hybridized carbons (Fsp3) is 0.565. The Hall–Kier alpha value is -2.10. The fourth-order valence-electron chi connectivity index (χ4n) is 6.51. The normalized spacial score (nSPS) is 31.3. The minimum atomic E-state index is -0.131. The summed E-state index contributed by atoms with van der Waals surface area (Å²) in [5, 5.41) is 6.96. The molecule has 27 heavy (non-hydrogen) atoms. The van der Waals surface area contributed by atoms with E-state index >= 15 is 0 Å². The lowest BCUT2D eigenvalue weighted by atomic mass is 9.48. The Morgan fingerprint density at radius 3 is 2.26 bits per heavy atom. The van der Waals surface area contributed by atoms with Crippen LogP contribution in [0.15, 0.2) is 28.8 Å². The molecule has 1 aromatic heterocycles. The highest BCUT2D eigenvalue weighted by Crippen LogP contribution is 2.60. The molecule has 0 spiro atoms. The van der Waals surface area contributed by atoms with E-state index in [0.717, 1.165) is 23.4 Å². The number of amides is 1. The fourth-order valence-corrected chi connectivity index (χ4v) is 6.51. The maximum Gasteiger partial charge on any atom is 0.261 e. The van der Waals surface area contributed by atoms with Crippen LogP contribution in [-0.2, 0) is 11.8 Å². The van der Waals surface area contributed by atoms with E-state index < -0.39 is 0 Å². The zero-order valence-corrected chi connectivity index (χ0v) is 16.3. The summed E-state index contributed by atoms with van der Waals surface area (Å²) in [6, 6.07) is 8.65. The maximum atomic E-state index is 12.7. The predicted octanol–water partition coefficient (Wildman–Crippen LogP) is 5.27. The largest absolute Gasteiger partial charge is 0.360 e. The second kappa shape index (κ2) is 6.22. The van der Waals surface area contributed by atoms with Crippen molar-refractivity contribution in [1.29, 1.82) is 0 Å². The molecule has 4 saturated carbocycles. The Morgan fingerprint density at radius 1 is 1.11 bits per heavy atom. The number of hydrogen-bond acceptors (Lipinski definition) is 3. The molecule has 0 unspecified atom stereocenters. The van der Waals surface area contributed by atoms with Gasteiger partial charge in [-0.3, -0.25) is 4.79 Å². The summed E-state index contributed by atoms with van der Waals surface area (Å²) in [5.74, 6) is 3.35. The van der Waals surface area contributed by atoms with Gasteiger partial charge in [-0.25, -0.2) is 0 Å². The summed E-state index contributed by atoms with van der Waals surface area (Å²) in [4.78, 5) is 12.7. The molecule has 6 rings (SSSR count). The average Bonchev–Trinajstić information content (AvgIpc) is 3.02. The number of rotatable bonds is 4. The Labute approximate surface area is 160 Å². The van der Waals surface area contributed by atoms with Gasteiger partial charge in [-0.2, -0.15) is 0 Å². The molecule has 1 N–H and O–H groups in total. The van der Waals surface area contributed by atoms with E-state index in [0.29, 0.717) is 28.9 Å². The zero-order valence-electron chi connectivity index (χ0n) is 16.3. The third-order valence-corrected chi connectivity index (χ3v) is 7.27. The van der Waals surface area contributed by atoms with Gasteiger partial charge in [-0.1, -0.05) is 24.2 Å². The van der Waals surface area contributed by atoms with Gasteiger partial charge < -0.3 is 9.84 Å². The van der Waals surface area contributed by atoms with Crippen LogP contribution in [-0.4, -0.2) is 11.1 Å². The predicted molar refractivity (Wildman–Crippen MR) is 105 cm³/mol. The van der Waals surface area contributed by atoms with Crippen LogP contribution in [0.4, 0.5) is 5.69 Å². The smallest absolute Gasteiger partial charge is 0.261 e. The van der Waals surface area contributed by atoms with Crippen molar-refractivity contribution < 1.29 is 9.32 Å². The van der Waals surface area contributed by atoms with Crippen LogP contribution in [0.3, 0.4) is 0 Å². The molecule has 4 aliphatic rings. The molecule has 4 bridgehead atoms. The molecule has 1 amide bonds. The standard InChI is InChI=1S/C23H28N2O2/c1-3-20-21(14(2)25-27-20)22(26)24-19-6-4-18(5-7-19)23-11-15-8-16(12-23)10-17(9-15)13-23/h4-7,15-17H,3,8-13H2,1-2H3,(H,24,26). The molecular weight excluding hydrogens is 336 g/mol. The average molecular weight is 364 g/mol. The van der Waals surface area contributed by atoms with Crippen molar-refractivity contribution in [3.63, 3.8) is 0 Å². The van der Waals surface area contributed by atoms with Crippen molar-refractivity contribution in [2.24, 2.45) is 17.8 Å². The summed E-state index contributed by atoms with van der Waals surface area (Å²) >= 11 is 0. The quantitative estimate of drug-likeness (QED) is 0.804. The van der Waals surface area contributed by atoms with Gasteiger partial charge in [-0.15, -0.1) is 0 Å². The van der Waals surface area contributed by atoms with Crippen molar-refractivity contribution in [1.82, 2.24) is 5.16 Å². The first-order chi connectivity index (χ1) is 13.1. The summed E-state index contributed by atoms with van der Waals surface area (Å²) in [6.45, 7) is 3.78. The number of anilines is 1. The highest BCUT2D eigenvalue weighted by molar-refractivity contribution is 6.05. The molecule has 0 radical (unpaired) electrons. The summed E-state index contributed by atoms with van der Waals surface area (Å²) in [7, 11) is 0. The zero-order chi connectivity index (χ0) is 18.6. The SMILES string of the molecule is CCc1onc(C)c1C(=O)Nc1ccc(C23CC4CC(CC(C4)C2)C3)cc1. The molecule has 0 atom stereocenters. The van der Waals surface area contributed by atoms with E-state index in [4.69, 9.17) is 4.52 Å². The minimum Gasteiger partial charge on any atom is -0.360 e. The highest BCUT2D eigenvalue weighted by Gasteiger charge is 2.51. The molecule has 4 fully saturated rings. The number of aryl methyl sites for hydroxylation is 2. The van der Waals surface area contributed by atoms with Crippen LogP contribution in [0.2, 0.25) is 0 Å². The molecule has 1 heterocycles. The summed E-state index contributed by atoms with van der Waals surface area (Å²) in [6.07, 6.45) is 9.15. The molecule has 4 aliphatic carbocycles. The van der Waals surface area contributed by atoms with Crippen LogP contribution < -0.4 is 5.32 Å². The lowest BCUT2D eigenvalue weighted by Crippen LogP contribution is -2.48. The van der Waals surface area contributed by atoms with Crippen LogP contribution in [0.5, 0.6) is 0 Å². The molecule has 4 heteroatoms. The summed E-state index contributed by atoms with van der Waals surface area (Å²) < 4.78 is 5.25. The number of aromatic nitrogens is 1. The number of benzene rings is 1. The molecule has 0 saturated heterocycles. The number of carbonyl (C=O) groups is 1. The van der Waals surface area contributed by atoms with Crippen molar-refractivity contribution in [2.75, 3.05) is 5.32 Å². The van der Waals surface area contributed by atoms with Gasteiger partial charge >= 0.3 is 0 Å². The topological polar surface area (TPSA) is 55.1 Å². The third-order valence-electron chi connectivity index (χ3n) is 7.27. The van der Waals surface area contributed by atoms with E-state index in [9.17, 15) is 4.79 Å². The van der Waals surface area contributed by atoms with Gasteiger partial charge in [0, 0.05) is 12.1 Å². The van der Waals surface area contributed by atoms with E-state index in [1.54, 1.807) is 0 Å². The second-order valence-electron chi connectivity index (χ2n) is 9.15. The number of nitrogens with zero attached hydrogens (tertiary/aromatic N) is 1. The van der Waals surface area contributed by atoms with Gasteiger partial charge in [0.25, 0.3) is 5.91 Å². The van der Waals surface area contributed by atoms with Gasteiger partial charge in [0.2, 0.25) is 0 Å². The van der Waals surface area contributed by atoms with Crippen molar-refractivity contribution >= 4 is 11.6 Å². The first-order valence-corrected chi connectivity index (χ1v) is 10.4. The van der Waals surface area contributed by atoms with Crippen LogP contribution in [0.1, 0.15) is 72.8 Å². The number of carbonyl (C=O) groups excluding carboxylic acids is 1. The number of nitrogens with one attached hydrogen (secondary N) is 1. The lowest BCUT2D eigenvalue weighted by molar-refractivity contribution is -0.00518. The van der Waals surface area contributed by atoms with Crippen LogP contribution in [0.25, 0.3) is 0 Å². The lowest BCUT2D eigenvalue weighted by Gasteiger charge is -2.57. The van der Waals surface area contributed by atoms with Gasteiger partial charge in [-0.05, 0) is 86.3 Å². The Balaban J connectivity index is 1.35. The third kappa shape index (κ3) is 2.81. The van der Waals surface area contributed by atoms with E-state index in [1.807, 2.05) is 13.8 Å². The Bertz CT molecular complexity index is 830. The molecular formula is C23H28N2O2. The number of hydrogen-bond donors (Lipinski definition) is 1. The van der Waals surface area contributed by atoms with Gasteiger partial charge in [0.05, 0.1) is 5.69 Å². The summed E-state index contributed by atoms with van der Waals surface area (Å²) in [5.41, 5.74) is 3.95. The van der Waals surface area contributed by atoms with E-state index in [-0.39, 0.29) is 5.91 Å². The monoisotopic (exact) mass is 364 g/mol. The molecule has 0 aliphatic heterocycles. The van der Waals surface area contributed by atoms with Gasteiger partial charge in [0.1, 0.15) is 11.3 Å². The van der Waals surface area contributed by atoms with Gasteiger partial charge in [0.15, 0.2) is 0 Å². The van der Waals surface area contributed by atoms with Crippen molar-refractivity contribution in [3.05, 3.63) is 46.8 Å². The first kappa shape index (κ1) is 17.0. The Morgan fingerprint density at radius 2 is 1.70 bits per heavy atom. The highest BCUT2D eigenvalue weighted by atomic mass is 16.5. The first-order valence-electron chi connectivity index (χ1n) is 10.4. The second-order valence-corrected chi connectivity index (χ2v) is 9.15. The molecule has 4 nitrogen and oxygen atoms in total. The minimum absolute atomic E-state index is 0.131. The molecule has 1 aromatic carbocycles. The van der Waals surface area contributed by atoms with Crippen molar-refractivity contribution in [2.45, 2.75) is 64.2 Å². The van der Waals surface area contributed by atoms with E-state index in [1.165, 1.54) is 44.1 Å². The van der Waals surface area contributed by atoms with E-state index in [2.05, 4.69) is 34.7 Å².